The van der Waals surface area contributed by atoms with Crippen LogP contribution in [0.3, 0.4) is 0 Å². The Morgan fingerprint density at radius 2 is 1.64 bits per heavy atom. The minimum Gasteiger partial charge on any atom is -0.550 e. The molecule has 2 heterocycles. The Balaban J connectivity index is 1.52. The molecule has 42 heavy (non-hydrogen) atoms. The van der Waals surface area contributed by atoms with Crippen LogP contribution >= 0.6 is 0 Å². The number of anilines is 4. The second kappa shape index (κ2) is 13.8. The molecule has 1 aliphatic heterocycles. The van der Waals surface area contributed by atoms with Crippen molar-refractivity contribution in [1.29, 1.82) is 0 Å². The SMILES string of the molecule is CN1c2c(nc(N)[nH]c2=O)NC[C@@H]1CNc1ccc(C(=O)N[C@@H](CCC(=O)N[C@@H](CCC(=O)[O-])C(=O)[O-])C(=O)[O-])cc1. The van der Waals surface area contributed by atoms with E-state index in [2.05, 4.69) is 25.9 Å². The van der Waals surface area contributed by atoms with Crippen LogP contribution in [0.2, 0.25) is 0 Å². The summed E-state index contributed by atoms with van der Waals surface area (Å²) in [4.78, 5) is 78.5. The molecule has 0 bridgehead atoms. The van der Waals surface area contributed by atoms with Gasteiger partial charge in [-0.15, -0.1) is 0 Å². The van der Waals surface area contributed by atoms with Gasteiger partial charge in [-0.05, 0) is 43.5 Å². The fourth-order valence-corrected chi connectivity index (χ4v) is 4.20. The molecular weight excluding hydrogens is 556 g/mol. The Kier molecular flexibility index (Phi) is 10.3. The third-order valence-corrected chi connectivity index (χ3v) is 6.51. The number of H-pyrrole nitrogens is 1. The normalized spacial score (nSPS) is 15.4. The predicted octanol–water partition coefficient (Wildman–Crippen LogP) is -4.91. The number of likely N-dealkylation sites (N-methyl/N-ethyl adjacent to an activating group) is 1. The van der Waals surface area contributed by atoms with Crippen LogP contribution in [0.25, 0.3) is 0 Å². The largest absolute Gasteiger partial charge is 0.550 e. The summed E-state index contributed by atoms with van der Waals surface area (Å²) < 4.78 is 0. The van der Waals surface area contributed by atoms with Crippen LogP contribution in [-0.2, 0) is 19.2 Å². The summed E-state index contributed by atoms with van der Waals surface area (Å²) >= 11 is 0. The number of carboxylic acids is 3. The maximum Gasteiger partial charge on any atom is 0.278 e. The number of rotatable bonds is 14. The number of aromatic amines is 1. The van der Waals surface area contributed by atoms with Gasteiger partial charge in [0.1, 0.15) is 5.69 Å². The van der Waals surface area contributed by atoms with Gasteiger partial charge in [0.05, 0.1) is 30.1 Å². The summed E-state index contributed by atoms with van der Waals surface area (Å²) in [6.45, 7) is 0.891. The topological polar surface area (TPSA) is 278 Å². The van der Waals surface area contributed by atoms with Gasteiger partial charge in [0.25, 0.3) is 11.5 Å². The number of fused-ring (bicyclic) bond motifs is 1. The number of nitrogens with two attached hydrogens (primary N) is 1. The maximum atomic E-state index is 12.6. The van der Waals surface area contributed by atoms with E-state index in [0.29, 0.717) is 30.3 Å². The number of hydrogen-bond acceptors (Lipinski definition) is 14. The molecule has 3 rings (SSSR count). The summed E-state index contributed by atoms with van der Waals surface area (Å²) in [5.41, 5.74) is 6.33. The lowest BCUT2D eigenvalue weighted by Crippen LogP contribution is -2.50. The molecule has 2 aromatic rings. The lowest BCUT2D eigenvalue weighted by Gasteiger charge is -2.35. The Morgan fingerprint density at radius 3 is 2.26 bits per heavy atom. The number of amides is 2. The number of carbonyl (C=O) groups excluding carboxylic acids is 5. The number of carboxylic acid groups (broad SMARTS) is 3. The fraction of sp³-hybridized carbons (Fsp3) is 0.400. The van der Waals surface area contributed by atoms with Crippen molar-refractivity contribution in [2.45, 2.75) is 43.8 Å². The summed E-state index contributed by atoms with van der Waals surface area (Å²) in [6.07, 6.45) is -2.03. The molecule has 17 nitrogen and oxygen atoms in total. The number of nitrogens with one attached hydrogen (secondary N) is 5. The van der Waals surface area contributed by atoms with Crippen molar-refractivity contribution in [3.63, 3.8) is 0 Å². The molecule has 0 aliphatic carbocycles. The Labute approximate surface area is 238 Å². The van der Waals surface area contributed by atoms with E-state index < -0.39 is 67.5 Å². The van der Waals surface area contributed by atoms with Gasteiger partial charge in [-0.2, -0.15) is 4.98 Å². The lowest BCUT2D eigenvalue weighted by molar-refractivity contribution is -0.311. The molecule has 0 saturated carbocycles. The summed E-state index contributed by atoms with van der Waals surface area (Å²) in [7, 11) is 1.75. The van der Waals surface area contributed by atoms with E-state index >= 15 is 0 Å². The third kappa shape index (κ3) is 8.33. The molecule has 1 aliphatic rings. The zero-order valence-corrected chi connectivity index (χ0v) is 22.4. The van der Waals surface area contributed by atoms with E-state index in [0.717, 1.165) is 0 Å². The van der Waals surface area contributed by atoms with Crippen molar-refractivity contribution >= 4 is 52.9 Å². The van der Waals surface area contributed by atoms with Crippen molar-refractivity contribution in [3.05, 3.63) is 40.2 Å². The predicted molar refractivity (Wildman–Crippen MR) is 142 cm³/mol. The standard InChI is InChI=1S/C25H32N8O9/c1-33-14(11-28-20-19(33)22(38)32-25(26)31-20)10-27-13-4-2-12(3-5-13)21(37)30-16(24(41)42)6-8-17(34)29-15(23(39)40)7-9-18(35)36/h2-5,14-16,27H,6-11H2,1H3,(H,29,34)(H,30,37)(H,35,36)(H,39,40)(H,41,42)(H4,26,28,31,32,38)/p-3/t14-,15-,16-/m0/s1. The molecule has 0 saturated heterocycles. The minimum atomic E-state index is -1.71. The number of benzene rings is 1. The van der Waals surface area contributed by atoms with Gasteiger partial charge >= 0.3 is 0 Å². The smallest absolute Gasteiger partial charge is 0.278 e. The Hall–Kier alpha value is -5.35. The second-order valence-electron chi connectivity index (χ2n) is 9.49. The highest BCUT2D eigenvalue weighted by atomic mass is 16.4. The van der Waals surface area contributed by atoms with Crippen LogP contribution in [0.5, 0.6) is 0 Å². The number of carbonyl (C=O) groups is 5. The summed E-state index contributed by atoms with van der Waals surface area (Å²) in [6, 6.07) is 2.79. The van der Waals surface area contributed by atoms with Crippen LogP contribution in [0.4, 0.5) is 23.1 Å². The summed E-state index contributed by atoms with van der Waals surface area (Å²) in [5.74, 6) is -6.13. The average molecular weight is 586 g/mol. The molecule has 17 heteroatoms. The number of aromatic nitrogens is 2. The zero-order chi connectivity index (χ0) is 31.0. The van der Waals surface area contributed by atoms with E-state index in [-0.39, 0.29) is 23.1 Å². The Morgan fingerprint density at radius 1 is 1.02 bits per heavy atom. The first kappa shape index (κ1) is 31.2. The van der Waals surface area contributed by atoms with Crippen LogP contribution in [0, 0.1) is 0 Å². The van der Waals surface area contributed by atoms with E-state index in [1.165, 1.54) is 12.1 Å². The highest BCUT2D eigenvalue weighted by Crippen LogP contribution is 2.25. The number of nitrogen functional groups attached to an aromatic ring is 1. The molecule has 3 atom stereocenters. The molecule has 1 aromatic carbocycles. The summed E-state index contributed by atoms with van der Waals surface area (Å²) in [5, 5.41) is 43.7. The van der Waals surface area contributed by atoms with Gasteiger partial charge in [0, 0.05) is 43.8 Å². The average Bonchev–Trinajstić information content (AvgIpc) is 2.92. The number of hydrogen-bond donors (Lipinski definition) is 6. The van der Waals surface area contributed by atoms with Gasteiger partial charge in [-0.3, -0.25) is 19.4 Å². The van der Waals surface area contributed by atoms with E-state index in [1.807, 2.05) is 5.32 Å². The van der Waals surface area contributed by atoms with Crippen LogP contribution in [0.15, 0.2) is 29.1 Å². The molecule has 0 unspecified atom stereocenters. The van der Waals surface area contributed by atoms with Crippen molar-refractivity contribution in [1.82, 2.24) is 20.6 Å². The first-order chi connectivity index (χ1) is 19.8. The van der Waals surface area contributed by atoms with Crippen molar-refractivity contribution in [3.8, 4) is 0 Å². The second-order valence-corrected chi connectivity index (χ2v) is 9.49. The van der Waals surface area contributed by atoms with Crippen molar-refractivity contribution < 1.29 is 39.3 Å². The molecule has 0 spiro atoms. The molecule has 2 amide bonds. The lowest BCUT2D eigenvalue weighted by atomic mass is 10.1. The number of aliphatic carboxylic acids is 3. The van der Waals surface area contributed by atoms with Crippen molar-refractivity contribution in [2.75, 3.05) is 41.4 Å². The fourth-order valence-electron chi connectivity index (χ4n) is 4.20. The van der Waals surface area contributed by atoms with Gasteiger partial charge < -0.3 is 61.6 Å². The molecule has 1 aromatic heterocycles. The zero-order valence-electron chi connectivity index (χ0n) is 22.4. The first-order valence-electron chi connectivity index (χ1n) is 12.8. The third-order valence-electron chi connectivity index (χ3n) is 6.51. The van der Waals surface area contributed by atoms with Crippen LogP contribution in [-0.4, -0.2) is 78.0 Å². The van der Waals surface area contributed by atoms with E-state index in [4.69, 9.17) is 5.73 Å². The van der Waals surface area contributed by atoms with Gasteiger partial charge in [-0.1, -0.05) is 0 Å². The highest BCUT2D eigenvalue weighted by Gasteiger charge is 2.27. The molecule has 7 N–H and O–H groups in total. The maximum absolute atomic E-state index is 12.6. The highest BCUT2D eigenvalue weighted by molar-refractivity contribution is 5.96. The number of nitrogens with zero attached hydrogens (tertiary/aromatic N) is 2. The van der Waals surface area contributed by atoms with Crippen LogP contribution < -0.4 is 52.8 Å². The van der Waals surface area contributed by atoms with E-state index in [1.54, 1.807) is 24.1 Å². The monoisotopic (exact) mass is 585 g/mol. The van der Waals surface area contributed by atoms with Gasteiger partial charge in [0.15, 0.2) is 5.82 Å². The van der Waals surface area contributed by atoms with Crippen LogP contribution in [0.1, 0.15) is 36.0 Å². The molecule has 0 fully saturated rings. The molecule has 0 radical (unpaired) electrons. The Bertz CT molecular complexity index is 1400. The van der Waals surface area contributed by atoms with Gasteiger partial charge in [0.2, 0.25) is 11.9 Å². The molecule has 226 valence electrons. The quantitative estimate of drug-likeness (QED) is 0.121. The first-order valence-corrected chi connectivity index (χ1v) is 12.8. The minimum absolute atomic E-state index is 0.00604. The van der Waals surface area contributed by atoms with E-state index in [9.17, 15) is 44.1 Å². The molecular formula is C25H29N8O9-3. The van der Waals surface area contributed by atoms with Crippen molar-refractivity contribution in [2.24, 2.45) is 0 Å². The van der Waals surface area contributed by atoms with Gasteiger partial charge in [-0.25, -0.2) is 0 Å².